The van der Waals surface area contributed by atoms with Gasteiger partial charge in [-0.2, -0.15) is 0 Å². The number of hydrogen-bond donors (Lipinski definition) is 1. The van der Waals surface area contributed by atoms with Crippen LogP contribution in [0.2, 0.25) is 0 Å². The number of benzene rings is 2. The molecule has 0 spiro atoms. The number of fused-ring (bicyclic) bond motifs is 1. The van der Waals surface area contributed by atoms with Crippen LogP contribution in [0.15, 0.2) is 60.7 Å². The fourth-order valence-corrected chi connectivity index (χ4v) is 6.12. The lowest BCUT2D eigenvalue weighted by Gasteiger charge is -2.52. The minimum absolute atomic E-state index is 0.222. The van der Waals surface area contributed by atoms with Gasteiger partial charge in [0.05, 0.1) is 0 Å². The summed E-state index contributed by atoms with van der Waals surface area (Å²) in [4.78, 5) is 40.1. The smallest absolute Gasteiger partial charge is 0.327 e. The third kappa shape index (κ3) is 3.17. The summed E-state index contributed by atoms with van der Waals surface area (Å²) in [6.07, 6.45) is 0.222. The minimum atomic E-state index is -1.33. The number of thioether (sulfide) groups is 1. The van der Waals surface area contributed by atoms with Crippen LogP contribution in [0.5, 0.6) is 5.75 Å². The molecule has 1 amide bonds. The van der Waals surface area contributed by atoms with Crippen LogP contribution < -0.4 is 4.74 Å². The number of rotatable bonds is 7. The highest BCUT2D eigenvalue weighted by Gasteiger charge is 2.73. The first-order chi connectivity index (χ1) is 14.3. The maximum absolute atomic E-state index is 13.4. The number of β-lactam (4-membered cyclic amide) rings is 1. The Labute approximate surface area is 179 Å². The summed E-state index contributed by atoms with van der Waals surface area (Å²) in [7, 11) is 0. The molecular weight excluding hydrogens is 402 g/mol. The Morgan fingerprint density at radius 2 is 1.67 bits per heavy atom. The SMILES string of the molecule is CC1(C)S[C@H]2N(C(=O)C2(Cc2ccccc2)C(=O)COc2ccccc2)[C@H]1C(=O)O. The number of carboxylic acid groups (broad SMARTS) is 1. The first kappa shape index (κ1) is 20.5. The first-order valence-corrected chi connectivity index (χ1v) is 10.6. The van der Waals surface area contributed by atoms with E-state index >= 15 is 0 Å². The standard InChI is InChI=1S/C23H23NO5S/c1-22(2)18(19(26)27)24-20(28)23(21(24)30-22,13-15-9-5-3-6-10-15)17(25)14-29-16-11-7-4-8-12-16/h3-12,18,21H,13-14H2,1-2H3,(H,26,27)/t18-,21+,23?/m0/s1. The summed E-state index contributed by atoms with van der Waals surface area (Å²) in [6.45, 7) is 3.37. The van der Waals surface area contributed by atoms with Gasteiger partial charge in [-0.25, -0.2) is 4.79 Å². The third-order valence-corrected chi connectivity index (χ3v) is 7.50. The number of Topliss-reactive ketones (excluding diaryl/α,β-unsaturated/α-hetero) is 1. The van der Waals surface area contributed by atoms with E-state index < -0.39 is 33.5 Å². The van der Waals surface area contributed by atoms with Gasteiger partial charge in [-0.1, -0.05) is 48.5 Å². The third-order valence-electron chi connectivity index (χ3n) is 5.81. The second-order valence-corrected chi connectivity index (χ2v) is 9.92. The highest BCUT2D eigenvalue weighted by molar-refractivity contribution is 8.01. The lowest BCUT2D eigenvalue weighted by atomic mass is 9.69. The Kier molecular flexibility index (Phi) is 5.10. The summed E-state index contributed by atoms with van der Waals surface area (Å²) in [5.41, 5.74) is -0.474. The minimum Gasteiger partial charge on any atom is -0.486 e. The molecule has 0 aliphatic carbocycles. The van der Waals surface area contributed by atoms with Crippen LogP contribution in [-0.4, -0.2) is 50.4 Å². The van der Waals surface area contributed by atoms with E-state index in [1.54, 1.807) is 26.0 Å². The van der Waals surface area contributed by atoms with Gasteiger partial charge in [0.2, 0.25) is 5.91 Å². The number of amides is 1. The number of ether oxygens (including phenoxy) is 1. The number of carbonyl (C=O) groups is 3. The molecule has 2 saturated heterocycles. The molecule has 7 heteroatoms. The number of carboxylic acids is 1. The van der Waals surface area contributed by atoms with Crippen LogP contribution in [0.3, 0.4) is 0 Å². The van der Waals surface area contributed by atoms with E-state index in [4.69, 9.17) is 4.74 Å². The Balaban J connectivity index is 1.66. The van der Waals surface area contributed by atoms with Gasteiger partial charge in [0.1, 0.15) is 29.2 Å². The van der Waals surface area contributed by atoms with Crippen LogP contribution in [-0.2, 0) is 20.8 Å². The molecule has 3 atom stereocenters. The van der Waals surface area contributed by atoms with E-state index in [2.05, 4.69) is 0 Å². The molecule has 2 aliphatic heterocycles. The van der Waals surface area contributed by atoms with Gasteiger partial charge in [0, 0.05) is 4.75 Å². The van der Waals surface area contributed by atoms with E-state index in [9.17, 15) is 19.5 Å². The monoisotopic (exact) mass is 425 g/mol. The zero-order valence-electron chi connectivity index (χ0n) is 16.8. The predicted molar refractivity (Wildman–Crippen MR) is 113 cm³/mol. The van der Waals surface area contributed by atoms with E-state index in [0.717, 1.165) is 5.56 Å². The largest absolute Gasteiger partial charge is 0.486 e. The predicted octanol–water partition coefficient (Wildman–Crippen LogP) is 3.01. The number of para-hydroxylation sites is 1. The van der Waals surface area contributed by atoms with E-state index in [1.807, 2.05) is 48.5 Å². The maximum atomic E-state index is 13.4. The van der Waals surface area contributed by atoms with Crippen LogP contribution >= 0.6 is 11.8 Å². The van der Waals surface area contributed by atoms with Gasteiger partial charge in [-0.3, -0.25) is 9.59 Å². The van der Waals surface area contributed by atoms with Gasteiger partial charge in [0.25, 0.3) is 0 Å². The zero-order valence-corrected chi connectivity index (χ0v) is 17.6. The topological polar surface area (TPSA) is 83.9 Å². The highest BCUT2D eigenvalue weighted by atomic mass is 32.2. The highest BCUT2D eigenvalue weighted by Crippen LogP contribution is 2.60. The van der Waals surface area contributed by atoms with E-state index in [1.165, 1.54) is 16.7 Å². The van der Waals surface area contributed by atoms with Crippen LogP contribution in [0.4, 0.5) is 0 Å². The van der Waals surface area contributed by atoms with Crippen molar-refractivity contribution in [2.45, 2.75) is 36.4 Å². The number of aliphatic carboxylic acids is 1. The molecular formula is C23H23NO5S. The molecule has 0 radical (unpaired) electrons. The Morgan fingerprint density at radius 3 is 2.27 bits per heavy atom. The zero-order chi connectivity index (χ0) is 21.5. The van der Waals surface area contributed by atoms with Crippen molar-refractivity contribution >= 4 is 29.4 Å². The van der Waals surface area contributed by atoms with Gasteiger partial charge in [-0.15, -0.1) is 11.8 Å². The molecule has 1 N–H and O–H groups in total. The van der Waals surface area contributed by atoms with E-state index in [0.29, 0.717) is 5.75 Å². The Hall–Kier alpha value is -2.80. The molecule has 156 valence electrons. The van der Waals surface area contributed by atoms with Crippen molar-refractivity contribution in [1.82, 2.24) is 4.90 Å². The quantitative estimate of drug-likeness (QED) is 0.542. The van der Waals surface area contributed by atoms with Crippen molar-refractivity contribution in [3.63, 3.8) is 0 Å². The van der Waals surface area contributed by atoms with Crippen molar-refractivity contribution in [2.75, 3.05) is 6.61 Å². The molecule has 6 nitrogen and oxygen atoms in total. The molecule has 0 bridgehead atoms. The first-order valence-electron chi connectivity index (χ1n) is 9.76. The van der Waals surface area contributed by atoms with Gasteiger partial charge < -0.3 is 14.7 Å². The Morgan fingerprint density at radius 1 is 1.07 bits per heavy atom. The second-order valence-electron chi connectivity index (χ2n) is 8.19. The molecule has 2 heterocycles. The number of carbonyl (C=O) groups excluding carboxylic acids is 2. The van der Waals surface area contributed by atoms with Gasteiger partial charge >= 0.3 is 5.97 Å². The maximum Gasteiger partial charge on any atom is 0.327 e. The van der Waals surface area contributed by atoms with Crippen molar-refractivity contribution in [2.24, 2.45) is 5.41 Å². The Bertz CT molecular complexity index is 978. The lowest BCUT2D eigenvalue weighted by molar-refractivity contribution is -0.178. The summed E-state index contributed by atoms with van der Waals surface area (Å²) < 4.78 is 4.96. The molecule has 30 heavy (non-hydrogen) atoms. The number of nitrogens with zero attached hydrogens (tertiary/aromatic N) is 1. The summed E-state index contributed by atoms with van der Waals surface area (Å²) >= 11 is 1.38. The van der Waals surface area contributed by atoms with Crippen molar-refractivity contribution in [3.05, 3.63) is 66.2 Å². The van der Waals surface area contributed by atoms with Gasteiger partial charge in [-0.05, 0) is 38.0 Å². The summed E-state index contributed by atoms with van der Waals surface area (Å²) in [5.74, 6) is -1.25. The normalized spacial score (nSPS) is 26.6. The lowest BCUT2D eigenvalue weighted by Crippen LogP contribution is -2.73. The fraction of sp³-hybridized carbons (Fsp3) is 0.348. The average molecular weight is 426 g/mol. The second kappa shape index (κ2) is 7.47. The molecule has 4 rings (SSSR count). The van der Waals surface area contributed by atoms with Crippen molar-refractivity contribution < 1.29 is 24.2 Å². The molecule has 0 aromatic heterocycles. The van der Waals surface area contributed by atoms with Crippen molar-refractivity contribution in [1.29, 1.82) is 0 Å². The van der Waals surface area contributed by atoms with Gasteiger partial charge in [0.15, 0.2) is 5.78 Å². The molecule has 2 aliphatic rings. The molecule has 0 saturated carbocycles. The average Bonchev–Trinajstić information content (AvgIpc) is 3.00. The fourth-order valence-electron chi connectivity index (χ4n) is 4.36. The number of ketones is 1. The van der Waals surface area contributed by atoms with Crippen LogP contribution in [0.25, 0.3) is 0 Å². The number of hydrogen-bond acceptors (Lipinski definition) is 5. The molecule has 2 aromatic carbocycles. The summed E-state index contributed by atoms with van der Waals surface area (Å²) in [5, 5.41) is 9.19. The molecule has 2 aromatic rings. The van der Waals surface area contributed by atoms with Crippen LogP contribution in [0, 0.1) is 5.41 Å². The van der Waals surface area contributed by atoms with Crippen LogP contribution in [0.1, 0.15) is 19.4 Å². The molecule has 2 fully saturated rings. The molecule has 1 unspecified atom stereocenters. The van der Waals surface area contributed by atoms with E-state index in [-0.39, 0.29) is 18.8 Å². The van der Waals surface area contributed by atoms with Crippen molar-refractivity contribution in [3.8, 4) is 5.75 Å². The summed E-state index contributed by atoms with van der Waals surface area (Å²) in [6, 6.07) is 17.4.